The summed E-state index contributed by atoms with van der Waals surface area (Å²) in [5, 5.41) is 3.98. The predicted molar refractivity (Wildman–Crippen MR) is 236 cm³/mol. The van der Waals surface area contributed by atoms with Gasteiger partial charge in [-0.1, -0.05) is 176 Å². The van der Waals surface area contributed by atoms with Crippen LogP contribution in [0.2, 0.25) is 0 Å². The Morgan fingerprint density at radius 3 is 1.54 bits per heavy atom. The van der Waals surface area contributed by atoms with E-state index in [2.05, 4.69) is 30.3 Å². The Morgan fingerprint density at radius 2 is 0.860 bits per heavy atom. The summed E-state index contributed by atoms with van der Waals surface area (Å²) in [6, 6.07) is 48.0. The molecule has 0 aliphatic heterocycles. The molecule has 0 fully saturated rings. The van der Waals surface area contributed by atoms with Gasteiger partial charge >= 0.3 is 0 Å². The first-order valence-electron chi connectivity index (χ1n) is 22.6. The van der Waals surface area contributed by atoms with Gasteiger partial charge in [0.25, 0.3) is 0 Å². The van der Waals surface area contributed by atoms with E-state index in [0.29, 0.717) is 28.5 Å². The van der Waals surface area contributed by atoms with Crippen molar-refractivity contribution in [3.8, 4) is 62.1 Å². The number of fused-ring (bicyclic) bond motifs is 5. The summed E-state index contributed by atoms with van der Waals surface area (Å²) in [7, 11) is 0. The van der Waals surface area contributed by atoms with Crippen molar-refractivity contribution in [1.29, 1.82) is 0 Å². The summed E-state index contributed by atoms with van der Waals surface area (Å²) in [6.45, 7) is 0. The second-order valence-electron chi connectivity index (χ2n) is 13.8. The Kier molecular flexibility index (Phi) is 6.04. The van der Waals surface area contributed by atoms with Crippen LogP contribution in [0.15, 0.2) is 206 Å². The van der Waals surface area contributed by atoms with E-state index in [1.54, 1.807) is 10.6 Å². The molecule has 9 aromatic carbocycles. The first-order chi connectivity index (χ1) is 31.6. The second-order valence-corrected chi connectivity index (χ2v) is 13.8. The third-order valence-electron chi connectivity index (χ3n) is 10.5. The zero-order valence-corrected chi connectivity index (χ0v) is 30.3. The zero-order chi connectivity index (χ0) is 44.7. The highest BCUT2D eigenvalue weighted by Gasteiger charge is 2.23. The van der Waals surface area contributed by atoms with E-state index in [4.69, 9.17) is 23.2 Å². The van der Waals surface area contributed by atoms with Crippen LogP contribution in [0.3, 0.4) is 0 Å². The quantitative estimate of drug-likeness (QED) is 0.160. The van der Waals surface area contributed by atoms with Gasteiger partial charge in [0.05, 0.1) is 33.3 Å². The van der Waals surface area contributed by atoms with E-state index in [0.717, 1.165) is 49.4 Å². The summed E-state index contributed by atoms with van der Waals surface area (Å²) < 4.78 is 73.7. The average Bonchev–Trinajstić information content (AvgIpc) is 3.72. The van der Waals surface area contributed by atoms with Crippen molar-refractivity contribution < 1.29 is 11.0 Å². The molecular weight excluding hydrogens is 693 g/mol. The molecule has 0 unspecified atom stereocenters. The lowest BCUT2D eigenvalue weighted by Crippen LogP contribution is -2.05. The van der Waals surface area contributed by atoms with Gasteiger partial charge in [-0.25, -0.2) is 15.0 Å². The van der Waals surface area contributed by atoms with E-state index >= 15 is 0 Å². The maximum absolute atomic E-state index is 9.38. The van der Waals surface area contributed by atoms with Crippen molar-refractivity contribution in [2.24, 2.45) is 0 Å². The normalized spacial score (nSPS) is 13.5. The Hall–Kier alpha value is -7.69. The molecule has 0 amide bonds. The molecule has 0 bridgehead atoms. The molecule has 266 valence electrons. The van der Waals surface area contributed by atoms with Gasteiger partial charge in [-0.15, -0.1) is 0 Å². The predicted octanol–water partition coefficient (Wildman–Crippen LogP) is 13.6. The van der Waals surface area contributed by atoms with Crippen LogP contribution >= 0.6 is 0 Å². The van der Waals surface area contributed by atoms with Gasteiger partial charge in [0.2, 0.25) is 0 Å². The Bertz CT molecular complexity index is 3670. The van der Waals surface area contributed by atoms with E-state index in [9.17, 15) is 2.74 Å². The number of para-hydroxylation sites is 2. The molecule has 4 heteroatoms. The van der Waals surface area contributed by atoms with E-state index in [-0.39, 0.29) is 27.6 Å². The van der Waals surface area contributed by atoms with Gasteiger partial charge in [-0.3, -0.25) is 0 Å². The van der Waals surface area contributed by atoms with Crippen LogP contribution in [-0.4, -0.2) is 19.5 Å². The number of aromatic nitrogens is 4. The summed E-state index contributed by atoms with van der Waals surface area (Å²) in [5.41, 5.74) is 5.81. The Balaban J connectivity index is 1.30. The monoisotopic (exact) mass is 734 g/mol. The van der Waals surface area contributed by atoms with Gasteiger partial charge in [0.15, 0.2) is 17.5 Å². The molecule has 2 heterocycles. The molecule has 0 saturated carbocycles. The van der Waals surface area contributed by atoms with Crippen LogP contribution < -0.4 is 0 Å². The third-order valence-corrected chi connectivity index (χ3v) is 10.5. The maximum atomic E-state index is 9.38. The summed E-state index contributed by atoms with van der Waals surface area (Å²) >= 11 is 0. The number of benzene rings is 9. The van der Waals surface area contributed by atoms with Crippen LogP contribution in [0, 0.1) is 0 Å². The van der Waals surface area contributed by atoms with Crippen molar-refractivity contribution in [2.75, 3.05) is 0 Å². The van der Waals surface area contributed by atoms with Gasteiger partial charge in [0, 0.05) is 21.9 Å². The highest BCUT2D eigenvalue weighted by atomic mass is 15.1. The van der Waals surface area contributed by atoms with Crippen molar-refractivity contribution in [3.63, 3.8) is 0 Å². The van der Waals surface area contributed by atoms with Gasteiger partial charge in [-0.05, 0) is 74.1 Å². The lowest BCUT2D eigenvalue weighted by atomic mass is 9.91. The minimum Gasteiger partial charge on any atom is -0.308 e. The number of hydrogen-bond acceptors (Lipinski definition) is 3. The molecule has 0 atom stereocenters. The van der Waals surface area contributed by atoms with Crippen molar-refractivity contribution >= 4 is 43.4 Å². The van der Waals surface area contributed by atoms with Crippen LogP contribution in [0.4, 0.5) is 0 Å². The topological polar surface area (TPSA) is 43.6 Å². The molecule has 0 spiro atoms. The fraction of sp³-hybridized carbons (Fsp3) is 0. The Labute approximate surface area is 341 Å². The summed E-state index contributed by atoms with van der Waals surface area (Å²) in [4.78, 5) is 15.5. The van der Waals surface area contributed by atoms with E-state index in [1.807, 2.05) is 121 Å². The van der Waals surface area contributed by atoms with Crippen LogP contribution in [-0.2, 0) is 0 Å². The minimum atomic E-state index is -0.515. The standard InChI is InChI=1S/C53H34N4/c1-3-15-35(16-4-1)36-29-31-38(32-30-36)52-54-51(37-17-5-2-6-18-37)55-53(56-52)50-45(42-24-13-21-41-33-39-19-7-8-20-40(39)34-46(41)42)25-14-28-49(50)57-47-26-11-9-22-43(47)44-23-10-12-27-48(44)57/h1-34H/i9D,10D,11D,12D,22D,23D,26D,27D. The lowest BCUT2D eigenvalue weighted by molar-refractivity contribution is 1.06. The molecule has 11 rings (SSSR count). The molecule has 2 aromatic heterocycles. The largest absolute Gasteiger partial charge is 0.308 e. The van der Waals surface area contributed by atoms with Crippen molar-refractivity contribution in [1.82, 2.24) is 19.5 Å². The van der Waals surface area contributed by atoms with Gasteiger partial charge in [0.1, 0.15) is 0 Å². The fourth-order valence-electron chi connectivity index (χ4n) is 7.82. The maximum Gasteiger partial charge on any atom is 0.166 e. The number of hydrogen-bond donors (Lipinski definition) is 0. The molecule has 0 aliphatic rings. The first kappa shape index (κ1) is 25.4. The van der Waals surface area contributed by atoms with Crippen LogP contribution in [0.5, 0.6) is 0 Å². The summed E-state index contributed by atoms with van der Waals surface area (Å²) in [5.74, 6) is 0.999. The molecule has 0 aliphatic carbocycles. The smallest absolute Gasteiger partial charge is 0.166 e. The van der Waals surface area contributed by atoms with E-state index in [1.165, 1.54) is 0 Å². The van der Waals surface area contributed by atoms with Gasteiger partial charge in [-0.2, -0.15) is 0 Å². The van der Waals surface area contributed by atoms with Crippen LogP contribution in [0.25, 0.3) is 105 Å². The minimum absolute atomic E-state index is 0.00521. The zero-order valence-electron chi connectivity index (χ0n) is 38.3. The number of nitrogens with zero attached hydrogens (tertiary/aromatic N) is 4. The molecule has 4 nitrogen and oxygen atoms in total. The first-order valence-corrected chi connectivity index (χ1v) is 18.6. The molecule has 0 radical (unpaired) electrons. The lowest BCUT2D eigenvalue weighted by Gasteiger charge is -2.19. The summed E-state index contributed by atoms with van der Waals surface area (Å²) in [6.07, 6.45) is 0. The average molecular weight is 735 g/mol. The van der Waals surface area contributed by atoms with Crippen molar-refractivity contribution in [3.05, 3.63) is 206 Å². The third kappa shape index (κ3) is 5.66. The highest BCUT2D eigenvalue weighted by Crippen LogP contribution is 2.43. The highest BCUT2D eigenvalue weighted by molar-refractivity contribution is 6.11. The molecule has 57 heavy (non-hydrogen) atoms. The van der Waals surface area contributed by atoms with Crippen molar-refractivity contribution in [2.45, 2.75) is 0 Å². The number of rotatable bonds is 6. The molecular formula is C53H34N4. The molecule has 0 N–H and O–H groups in total. The Morgan fingerprint density at radius 1 is 0.368 bits per heavy atom. The van der Waals surface area contributed by atoms with Crippen LogP contribution in [0.1, 0.15) is 11.0 Å². The van der Waals surface area contributed by atoms with Gasteiger partial charge < -0.3 is 4.57 Å². The second kappa shape index (κ2) is 13.6. The molecule has 0 saturated heterocycles. The SMILES string of the molecule is [2H]c1c([2H])c([2H])c2c(c1[2H])c1c([2H])c([2H])c([2H])c([2H])c1n2-c1cccc(-c2cccc3cc4ccccc4cc23)c1-c1nc(-c2ccccc2)nc(-c2ccc(-c3ccccc3)cc2)n1. The fourth-order valence-corrected chi connectivity index (χ4v) is 7.82. The molecule has 11 aromatic rings. The van der Waals surface area contributed by atoms with E-state index < -0.39 is 48.3 Å².